The van der Waals surface area contributed by atoms with E-state index in [-0.39, 0.29) is 18.3 Å². The maximum Gasteiger partial charge on any atom is 0.225 e. The van der Waals surface area contributed by atoms with Gasteiger partial charge in [0.2, 0.25) is 5.91 Å². The molecule has 1 aromatic rings. The van der Waals surface area contributed by atoms with E-state index in [1.807, 2.05) is 30.0 Å². The number of ether oxygens (including phenoxy) is 1. The van der Waals surface area contributed by atoms with E-state index in [9.17, 15) is 4.79 Å². The summed E-state index contributed by atoms with van der Waals surface area (Å²) < 4.78 is 6.66. The second-order valence-corrected chi connectivity index (χ2v) is 7.02. The summed E-state index contributed by atoms with van der Waals surface area (Å²) in [5.41, 5.74) is 1.18. The molecule has 0 atom stereocenters. The van der Waals surface area contributed by atoms with Gasteiger partial charge in [-0.2, -0.15) is 0 Å². The third kappa shape index (κ3) is 6.61. The summed E-state index contributed by atoms with van der Waals surface area (Å²) in [5.74, 6) is 1.71. The first-order valence-electron chi connectivity index (χ1n) is 8.47. The standard InChI is InChI=1S/C18H27BrN2O2.ClH/c1-3-20-13-15-6-9-21(10-7-15)18(22)8-11-23-17-5-4-14(2)12-16(17)19;/h4-5,12,15,20H,3,6-11,13H2,1-2H3;1H. The number of likely N-dealkylation sites (tertiary alicyclic amines) is 1. The van der Waals surface area contributed by atoms with E-state index in [0.717, 1.165) is 49.2 Å². The van der Waals surface area contributed by atoms with Crippen molar-refractivity contribution in [3.05, 3.63) is 28.2 Å². The second kappa shape index (κ2) is 11.0. The number of aryl methyl sites for hydroxylation is 1. The van der Waals surface area contributed by atoms with Crippen molar-refractivity contribution < 1.29 is 9.53 Å². The van der Waals surface area contributed by atoms with E-state index in [0.29, 0.717) is 18.9 Å². The number of hydrogen-bond donors (Lipinski definition) is 1. The van der Waals surface area contributed by atoms with Crippen LogP contribution in [0.15, 0.2) is 22.7 Å². The summed E-state index contributed by atoms with van der Waals surface area (Å²) >= 11 is 3.49. The quantitative estimate of drug-likeness (QED) is 0.731. The van der Waals surface area contributed by atoms with Crippen LogP contribution in [0.1, 0.15) is 31.7 Å². The molecule has 0 spiro atoms. The first-order chi connectivity index (χ1) is 11.1. The maximum absolute atomic E-state index is 12.3. The SMILES string of the molecule is CCNCC1CCN(C(=O)CCOc2ccc(C)cc2Br)CC1.Cl. The molecule has 0 aromatic heterocycles. The van der Waals surface area contributed by atoms with Crippen molar-refractivity contribution in [2.24, 2.45) is 5.92 Å². The summed E-state index contributed by atoms with van der Waals surface area (Å²) in [7, 11) is 0. The number of nitrogens with zero attached hydrogens (tertiary/aromatic N) is 1. The van der Waals surface area contributed by atoms with Gasteiger partial charge in [0, 0.05) is 13.1 Å². The van der Waals surface area contributed by atoms with Crippen LogP contribution in [0.2, 0.25) is 0 Å². The van der Waals surface area contributed by atoms with Gasteiger partial charge in [-0.05, 0) is 72.4 Å². The van der Waals surface area contributed by atoms with Crippen molar-refractivity contribution in [2.45, 2.75) is 33.1 Å². The Hall–Kier alpha value is -0.780. The second-order valence-electron chi connectivity index (χ2n) is 6.16. The molecule has 1 aliphatic rings. The van der Waals surface area contributed by atoms with Crippen molar-refractivity contribution >= 4 is 34.2 Å². The Morgan fingerprint density at radius 1 is 1.38 bits per heavy atom. The summed E-state index contributed by atoms with van der Waals surface area (Å²) in [6.07, 6.45) is 2.64. The maximum atomic E-state index is 12.3. The first kappa shape index (κ1) is 21.3. The molecule has 1 N–H and O–H groups in total. The zero-order valence-corrected chi connectivity index (χ0v) is 16.9. The molecule has 1 amide bonds. The number of hydrogen-bond acceptors (Lipinski definition) is 3. The van der Waals surface area contributed by atoms with Gasteiger partial charge in [0.05, 0.1) is 17.5 Å². The topological polar surface area (TPSA) is 41.6 Å². The average Bonchev–Trinajstić information content (AvgIpc) is 2.55. The van der Waals surface area contributed by atoms with Gasteiger partial charge in [0.25, 0.3) is 0 Å². The number of rotatable bonds is 7. The molecular weight excluding hydrogens is 392 g/mol. The summed E-state index contributed by atoms with van der Waals surface area (Å²) in [6, 6.07) is 5.97. The summed E-state index contributed by atoms with van der Waals surface area (Å²) in [5, 5.41) is 3.40. The van der Waals surface area contributed by atoms with E-state index in [1.54, 1.807) is 0 Å². The molecule has 0 unspecified atom stereocenters. The van der Waals surface area contributed by atoms with Crippen molar-refractivity contribution in [3.63, 3.8) is 0 Å². The Bertz CT molecular complexity index is 520. The molecule has 1 heterocycles. The highest BCUT2D eigenvalue weighted by Gasteiger charge is 2.22. The summed E-state index contributed by atoms with van der Waals surface area (Å²) in [6.45, 7) is 8.45. The molecule has 136 valence electrons. The Labute approximate surface area is 159 Å². The van der Waals surface area contributed by atoms with Crippen molar-refractivity contribution in [1.29, 1.82) is 0 Å². The van der Waals surface area contributed by atoms with Crippen LogP contribution < -0.4 is 10.1 Å². The Kier molecular flexibility index (Phi) is 9.71. The molecule has 1 aliphatic heterocycles. The van der Waals surface area contributed by atoms with Crippen LogP contribution in [0.25, 0.3) is 0 Å². The van der Waals surface area contributed by atoms with Gasteiger partial charge in [-0.25, -0.2) is 0 Å². The van der Waals surface area contributed by atoms with Gasteiger partial charge in [0.15, 0.2) is 0 Å². The number of carbonyl (C=O) groups excluding carboxylic acids is 1. The lowest BCUT2D eigenvalue weighted by Crippen LogP contribution is -2.41. The zero-order chi connectivity index (χ0) is 16.7. The van der Waals surface area contributed by atoms with Crippen LogP contribution in [0, 0.1) is 12.8 Å². The van der Waals surface area contributed by atoms with Crippen LogP contribution in [-0.2, 0) is 4.79 Å². The molecule has 1 aromatic carbocycles. The summed E-state index contributed by atoms with van der Waals surface area (Å²) in [4.78, 5) is 14.2. The number of carbonyl (C=O) groups is 1. The minimum absolute atomic E-state index is 0. The van der Waals surface area contributed by atoms with E-state index in [4.69, 9.17) is 4.74 Å². The molecule has 2 rings (SSSR count). The lowest BCUT2D eigenvalue weighted by Gasteiger charge is -2.32. The van der Waals surface area contributed by atoms with Crippen molar-refractivity contribution in [1.82, 2.24) is 10.2 Å². The van der Waals surface area contributed by atoms with Crippen molar-refractivity contribution in [3.8, 4) is 5.75 Å². The Balaban J connectivity index is 0.00000288. The molecule has 0 aliphatic carbocycles. The number of piperidine rings is 1. The van der Waals surface area contributed by atoms with Gasteiger partial charge in [-0.15, -0.1) is 12.4 Å². The van der Waals surface area contributed by atoms with E-state index in [2.05, 4.69) is 28.2 Å². The van der Waals surface area contributed by atoms with Gasteiger partial charge >= 0.3 is 0 Å². The van der Waals surface area contributed by atoms with Gasteiger partial charge in [0.1, 0.15) is 5.75 Å². The Morgan fingerprint density at radius 2 is 2.08 bits per heavy atom. The third-order valence-electron chi connectivity index (χ3n) is 4.31. The number of benzene rings is 1. The molecule has 24 heavy (non-hydrogen) atoms. The lowest BCUT2D eigenvalue weighted by molar-refractivity contribution is -0.133. The molecular formula is C18H28BrClN2O2. The van der Waals surface area contributed by atoms with Crippen LogP contribution in [-0.4, -0.2) is 43.6 Å². The Morgan fingerprint density at radius 3 is 2.71 bits per heavy atom. The fourth-order valence-electron chi connectivity index (χ4n) is 2.86. The largest absolute Gasteiger partial charge is 0.492 e. The third-order valence-corrected chi connectivity index (χ3v) is 4.93. The zero-order valence-electron chi connectivity index (χ0n) is 14.5. The van der Waals surface area contributed by atoms with Crippen LogP contribution in [0.3, 0.4) is 0 Å². The highest BCUT2D eigenvalue weighted by molar-refractivity contribution is 9.10. The number of halogens is 2. The molecule has 0 radical (unpaired) electrons. The average molecular weight is 420 g/mol. The first-order valence-corrected chi connectivity index (χ1v) is 9.27. The van der Waals surface area contributed by atoms with E-state index >= 15 is 0 Å². The van der Waals surface area contributed by atoms with Crippen LogP contribution >= 0.6 is 28.3 Å². The van der Waals surface area contributed by atoms with Crippen LogP contribution in [0.5, 0.6) is 5.75 Å². The lowest BCUT2D eigenvalue weighted by atomic mass is 9.96. The van der Waals surface area contributed by atoms with E-state index < -0.39 is 0 Å². The minimum atomic E-state index is 0. The van der Waals surface area contributed by atoms with Crippen molar-refractivity contribution in [2.75, 3.05) is 32.8 Å². The van der Waals surface area contributed by atoms with Gasteiger partial charge in [-0.1, -0.05) is 13.0 Å². The molecule has 4 nitrogen and oxygen atoms in total. The predicted molar refractivity (Wildman–Crippen MR) is 104 cm³/mol. The monoisotopic (exact) mass is 418 g/mol. The number of nitrogens with one attached hydrogen (secondary N) is 1. The molecule has 0 bridgehead atoms. The number of amides is 1. The van der Waals surface area contributed by atoms with Crippen LogP contribution in [0.4, 0.5) is 0 Å². The van der Waals surface area contributed by atoms with Gasteiger partial charge in [-0.3, -0.25) is 4.79 Å². The molecule has 1 fully saturated rings. The van der Waals surface area contributed by atoms with E-state index in [1.165, 1.54) is 5.56 Å². The normalized spacial score (nSPS) is 15.0. The molecule has 6 heteroatoms. The highest BCUT2D eigenvalue weighted by atomic mass is 79.9. The molecule has 1 saturated heterocycles. The fourth-order valence-corrected chi connectivity index (χ4v) is 3.47. The van der Waals surface area contributed by atoms with Gasteiger partial charge < -0.3 is 15.0 Å². The highest BCUT2D eigenvalue weighted by Crippen LogP contribution is 2.26. The molecule has 0 saturated carbocycles. The fraction of sp³-hybridized carbons (Fsp3) is 0.611. The minimum Gasteiger partial charge on any atom is -0.492 e. The smallest absolute Gasteiger partial charge is 0.225 e. The predicted octanol–water partition coefficient (Wildman–Crippen LogP) is 3.80.